The smallest absolute Gasteiger partial charge is 0.329 e. The van der Waals surface area contributed by atoms with Crippen molar-refractivity contribution in [3.05, 3.63) is 91.9 Å². The minimum atomic E-state index is -0.867. The normalized spacial score (nSPS) is 11.1. The number of benzene rings is 3. The van der Waals surface area contributed by atoms with Crippen LogP contribution in [-0.2, 0) is 16.2 Å². The van der Waals surface area contributed by atoms with E-state index in [-0.39, 0.29) is 6.61 Å². The molecule has 0 bridgehead atoms. The van der Waals surface area contributed by atoms with Gasteiger partial charge in [0.25, 0.3) is 0 Å². The average Bonchev–Trinajstić information content (AvgIpc) is 2.79. The molecule has 2 N–H and O–H groups in total. The Morgan fingerprint density at radius 1 is 1.00 bits per heavy atom. The van der Waals surface area contributed by atoms with Gasteiger partial charge in [-0.05, 0) is 79.6 Å². The largest absolute Gasteiger partial charge is 0.489 e. The Balaban J connectivity index is 1.56. The summed E-state index contributed by atoms with van der Waals surface area (Å²) in [5, 5.41) is 7.66. The Labute approximate surface area is 210 Å². The van der Waals surface area contributed by atoms with Crippen molar-refractivity contribution in [2.45, 2.75) is 20.5 Å². The summed E-state index contributed by atoms with van der Waals surface area (Å²) in [6, 6.07) is 17.7. The van der Waals surface area contributed by atoms with Gasteiger partial charge >= 0.3 is 11.8 Å². The number of nitrogens with zero attached hydrogens (tertiary/aromatic N) is 1. The highest BCUT2D eigenvalue weighted by Gasteiger charge is 2.14. The summed E-state index contributed by atoms with van der Waals surface area (Å²) in [4.78, 5) is 24.2. The molecule has 0 spiro atoms. The first-order valence-corrected chi connectivity index (χ1v) is 11.4. The fraction of sp³-hybridized carbons (Fsp3) is 0.125. The average molecular weight is 549 g/mol. The molecular weight excluding hydrogens is 529 g/mol. The van der Waals surface area contributed by atoms with Gasteiger partial charge < -0.3 is 10.1 Å². The molecule has 0 atom stereocenters. The quantitative estimate of drug-likeness (QED) is 0.221. The van der Waals surface area contributed by atoms with Crippen molar-refractivity contribution in [2.75, 3.05) is 5.32 Å². The van der Waals surface area contributed by atoms with Crippen LogP contribution >= 0.6 is 39.1 Å². The number of ether oxygens (including phenoxy) is 1. The lowest BCUT2D eigenvalue weighted by molar-refractivity contribution is -0.136. The molecule has 2 amide bonds. The molecule has 6 nitrogen and oxygen atoms in total. The molecule has 0 aliphatic rings. The van der Waals surface area contributed by atoms with Crippen molar-refractivity contribution in [3.8, 4) is 5.75 Å². The monoisotopic (exact) mass is 547 g/mol. The van der Waals surface area contributed by atoms with Gasteiger partial charge in [0, 0.05) is 25.8 Å². The maximum Gasteiger partial charge on any atom is 0.329 e. The Morgan fingerprint density at radius 2 is 1.67 bits per heavy atom. The van der Waals surface area contributed by atoms with Gasteiger partial charge in [0.2, 0.25) is 0 Å². The maximum atomic E-state index is 12.1. The van der Waals surface area contributed by atoms with Crippen molar-refractivity contribution in [2.24, 2.45) is 5.10 Å². The van der Waals surface area contributed by atoms with E-state index >= 15 is 0 Å². The number of nitrogens with one attached hydrogen (secondary N) is 2. The fourth-order valence-corrected chi connectivity index (χ4v) is 3.80. The summed E-state index contributed by atoms with van der Waals surface area (Å²) in [5.74, 6) is -1.05. The number of hydrazone groups is 1. The number of anilines is 1. The van der Waals surface area contributed by atoms with Gasteiger partial charge in [0.1, 0.15) is 12.4 Å². The van der Waals surface area contributed by atoms with Crippen molar-refractivity contribution in [1.29, 1.82) is 0 Å². The molecule has 0 aliphatic carbocycles. The van der Waals surface area contributed by atoms with Crippen LogP contribution in [0, 0.1) is 6.92 Å². The molecule has 0 aliphatic heterocycles. The lowest BCUT2D eigenvalue weighted by Gasteiger charge is -2.10. The first-order valence-electron chi connectivity index (χ1n) is 9.82. The summed E-state index contributed by atoms with van der Waals surface area (Å²) < 4.78 is 6.64. The number of hydrogen-bond donors (Lipinski definition) is 2. The molecule has 0 radical (unpaired) electrons. The van der Waals surface area contributed by atoms with Crippen LogP contribution in [0.15, 0.2) is 70.2 Å². The summed E-state index contributed by atoms with van der Waals surface area (Å²) >= 11 is 15.7. The zero-order chi connectivity index (χ0) is 24.0. The highest BCUT2D eigenvalue weighted by Crippen LogP contribution is 2.26. The Morgan fingerprint density at radius 3 is 2.30 bits per heavy atom. The summed E-state index contributed by atoms with van der Waals surface area (Å²) in [5.41, 5.74) is 5.63. The van der Waals surface area contributed by atoms with E-state index in [2.05, 4.69) is 31.8 Å². The van der Waals surface area contributed by atoms with Gasteiger partial charge in [-0.3, -0.25) is 9.59 Å². The summed E-state index contributed by atoms with van der Waals surface area (Å²) in [7, 11) is 0. The highest BCUT2D eigenvalue weighted by atomic mass is 79.9. The number of aryl methyl sites for hydroxylation is 1. The van der Waals surface area contributed by atoms with Crippen LogP contribution in [0.1, 0.15) is 23.6 Å². The van der Waals surface area contributed by atoms with Crippen molar-refractivity contribution >= 4 is 62.3 Å². The minimum absolute atomic E-state index is 0.230. The third kappa shape index (κ3) is 6.81. The molecule has 3 rings (SSSR count). The van der Waals surface area contributed by atoms with E-state index in [1.54, 1.807) is 61.5 Å². The standard InChI is InChI=1S/C24H20BrCl2N3O3/c1-14-12-17(25)8-11-22(14)28-23(31)24(32)30-29-15(2)16-6-9-18(10-7-16)33-13-19-20(26)4-3-5-21(19)27/h3-12H,13H2,1-2H3,(H,28,31)(H,30,32)/b29-15+. The molecule has 33 heavy (non-hydrogen) atoms. The van der Waals surface area contributed by atoms with E-state index in [1.165, 1.54) is 0 Å². The number of halogens is 3. The maximum absolute atomic E-state index is 12.1. The van der Waals surface area contributed by atoms with Crippen LogP contribution in [0.3, 0.4) is 0 Å². The topological polar surface area (TPSA) is 79.8 Å². The third-order valence-electron chi connectivity index (χ3n) is 4.68. The van der Waals surface area contributed by atoms with Crippen LogP contribution in [-0.4, -0.2) is 17.5 Å². The van der Waals surface area contributed by atoms with Gasteiger partial charge in [0.05, 0.1) is 5.71 Å². The molecule has 0 fully saturated rings. The highest BCUT2D eigenvalue weighted by molar-refractivity contribution is 9.10. The molecule has 170 valence electrons. The van der Waals surface area contributed by atoms with Gasteiger partial charge in [-0.2, -0.15) is 5.10 Å². The Bertz CT molecular complexity index is 1190. The zero-order valence-corrected chi connectivity index (χ0v) is 20.9. The second-order valence-electron chi connectivity index (χ2n) is 7.06. The van der Waals surface area contributed by atoms with Gasteiger partial charge in [-0.1, -0.05) is 45.2 Å². The molecule has 0 saturated carbocycles. The second kappa shape index (κ2) is 11.3. The number of carbonyl (C=O) groups is 2. The van der Waals surface area contributed by atoms with Crippen LogP contribution in [0.2, 0.25) is 10.0 Å². The number of carbonyl (C=O) groups excluding carboxylic acids is 2. The van der Waals surface area contributed by atoms with Gasteiger partial charge in [0.15, 0.2) is 0 Å². The minimum Gasteiger partial charge on any atom is -0.489 e. The van der Waals surface area contributed by atoms with Crippen molar-refractivity contribution in [1.82, 2.24) is 5.43 Å². The van der Waals surface area contributed by atoms with E-state index in [0.29, 0.717) is 32.8 Å². The van der Waals surface area contributed by atoms with E-state index in [0.717, 1.165) is 15.6 Å². The number of hydrogen-bond acceptors (Lipinski definition) is 4. The van der Waals surface area contributed by atoms with E-state index in [1.807, 2.05) is 13.0 Å². The molecule has 0 unspecified atom stereocenters. The van der Waals surface area contributed by atoms with Crippen LogP contribution in [0.25, 0.3) is 0 Å². The van der Waals surface area contributed by atoms with Gasteiger partial charge in [-0.15, -0.1) is 0 Å². The van der Waals surface area contributed by atoms with Crippen LogP contribution < -0.4 is 15.5 Å². The second-order valence-corrected chi connectivity index (χ2v) is 8.79. The lowest BCUT2D eigenvalue weighted by atomic mass is 10.1. The Kier molecular flexibility index (Phi) is 8.49. The molecule has 9 heteroatoms. The predicted molar refractivity (Wildman–Crippen MR) is 135 cm³/mol. The SMILES string of the molecule is C/C(=N\NC(=O)C(=O)Nc1ccc(Br)cc1C)c1ccc(OCc2c(Cl)cccc2Cl)cc1. The molecular formula is C24H20BrCl2N3O3. The van der Waals surface area contributed by atoms with E-state index < -0.39 is 11.8 Å². The van der Waals surface area contributed by atoms with Crippen LogP contribution in [0.4, 0.5) is 5.69 Å². The molecule has 3 aromatic rings. The first-order chi connectivity index (χ1) is 15.7. The van der Waals surface area contributed by atoms with E-state index in [4.69, 9.17) is 27.9 Å². The van der Waals surface area contributed by atoms with Gasteiger partial charge in [-0.25, -0.2) is 5.43 Å². The molecule has 0 heterocycles. The van der Waals surface area contributed by atoms with E-state index in [9.17, 15) is 9.59 Å². The lowest BCUT2D eigenvalue weighted by Crippen LogP contribution is -2.33. The predicted octanol–water partition coefficient (Wildman–Crippen LogP) is 6.12. The molecule has 0 aromatic heterocycles. The zero-order valence-electron chi connectivity index (χ0n) is 17.8. The van der Waals surface area contributed by atoms with Crippen LogP contribution in [0.5, 0.6) is 5.75 Å². The fourth-order valence-electron chi connectivity index (χ4n) is 2.81. The van der Waals surface area contributed by atoms with Crippen molar-refractivity contribution in [3.63, 3.8) is 0 Å². The molecule has 0 saturated heterocycles. The Hall–Kier alpha value is -2.87. The third-order valence-corrected chi connectivity index (χ3v) is 5.89. The first kappa shape index (κ1) is 24.8. The van der Waals surface area contributed by atoms with Crippen molar-refractivity contribution < 1.29 is 14.3 Å². The molecule has 3 aromatic carbocycles. The number of rotatable bonds is 6. The summed E-state index contributed by atoms with van der Waals surface area (Å²) in [6.45, 7) is 3.78. The number of amides is 2. The summed E-state index contributed by atoms with van der Waals surface area (Å²) in [6.07, 6.45) is 0.